The van der Waals surface area contributed by atoms with Gasteiger partial charge in [-0.1, -0.05) is 13.0 Å². The number of hydrogen-bond donors (Lipinski definition) is 1. The standard InChI is InChI=1S/C17H27N3O/c1-3-19-7-9-20(10-8-19)17-13-18-12-14-11-15(21-4-2)5-6-16(14)17/h5-6,11,17-18H,3-4,7-10,12-13H2,1-2H3/t17-/m1/s1. The van der Waals surface area contributed by atoms with Crippen molar-refractivity contribution in [2.45, 2.75) is 26.4 Å². The number of benzene rings is 1. The summed E-state index contributed by atoms with van der Waals surface area (Å²) < 4.78 is 5.63. The first-order valence-electron chi connectivity index (χ1n) is 8.24. The van der Waals surface area contributed by atoms with Gasteiger partial charge in [-0.25, -0.2) is 0 Å². The highest BCUT2D eigenvalue weighted by molar-refractivity contribution is 5.39. The van der Waals surface area contributed by atoms with E-state index in [1.807, 2.05) is 6.92 Å². The van der Waals surface area contributed by atoms with Gasteiger partial charge in [-0.2, -0.15) is 0 Å². The van der Waals surface area contributed by atoms with Gasteiger partial charge >= 0.3 is 0 Å². The minimum Gasteiger partial charge on any atom is -0.494 e. The second-order valence-electron chi connectivity index (χ2n) is 5.91. The summed E-state index contributed by atoms with van der Waals surface area (Å²) in [6, 6.07) is 7.13. The third kappa shape index (κ3) is 3.23. The van der Waals surface area contributed by atoms with Crippen molar-refractivity contribution in [3.63, 3.8) is 0 Å². The predicted molar refractivity (Wildman–Crippen MR) is 85.7 cm³/mol. The van der Waals surface area contributed by atoms with Crippen molar-refractivity contribution in [2.24, 2.45) is 0 Å². The number of likely N-dealkylation sites (N-methyl/N-ethyl adjacent to an activating group) is 1. The maximum Gasteiger partial charge on any atom is 0.119 e. The maximum absolute atomic E-state index is 5.63. The topological polar surface area (TPSA) is 27.7 Å². The summed E-state index contributed by atoms with van der Waals surface area (Å²) in [4.78, 5) is 5.17. The Kier molecular flexibility index (Phi) is 4.78. The summed E-state index contributed by atoms with van der Waals surface area (Å²) in [5, 5.41) is 3.57. The van der Waals surface area contributed by atoms with Crippen molar-refractivity contribution in [3.05, 3.63) is 29.3 Å². The van der Waals surface area contributed by atoms with E-state index in [2.05, 4.69) is 40.2 Å². The van der Waals surface area contributed by atoms with Gasteiger partial charge in [-0.15, -0.1) is 0 Å². The van der Waals surface area contributed by atoms with Crippen LogP contribution in [-0.2, 0) is 6.54 Å². The van der Waals surface area contributed by atoms with E-state index in [1.165, 1.54) is 43.9 Å². The van der Waals surface area contributed by atoms with Crippen molar-refractivity contribution >= 4 is 0 Å². The van der Waals surface area contributed by atoms with E-state index in [0.717, 1.165) is 25.4 Å². The van der Waals surface area contributed by atoms with Gasteiger partial charge in [0, 0.05) is 45.3 Å². The van der Waals surface area contributed by atoms with Gasteiger partial charge in [-0.05, 0) is 36.7 Å². The second-order valence-corrected chi connectivity index (χ2v) is 5.91. The van der Waals surface area contributed by atoms with Crippen LogP contribution in [0.5, 0.6) is 5.75 Å². The number of piperazine rings is 1. The van der Waals surface area contributed by atoms with Crippen LogP contribution in [0.4, 0.5) is 0 Å². The van der Waals surface area contributed by atoms with E-state index in [1.54, 1.807) is 0 Å². The smallest absolute Gasteiger partial charge is 0.119 e. The molecule has 0 saturated carbocycles. The van der Waals surface area contributed by atoms with Crippen molar-refractivity contribution in [3.8, 4) is 5.75 Å². The summed E-state index contributed by atoms with van der Waals surface area (Å²) in [6.45, 7) is 12.9. The number of nitrogens with zero attached hydrogens (tertiary/aromatic N) is 2. The highest BCUT2D eigenvalue weighted by Gasteiger charge is 2.28. The van der Waals surface area contributed by atoms with E-state index in [0.29, 0.717) is 6.04 Å². The third-order valence-electron chi connectivity index (χ3n) is 4.73. The van der Waals surface area contributed by atoms with Crippen LogP contribution in [0, 0.1) is 0 Å². The molecule has 1 N–H and O–H groups in total. The Balaban J connectivity index is 1.74. The first kappa shape index (κ1) is 14.8. The molecule has 1 atom stereocenters. The quantitative estimate of drug-likeness (QED) is 0.916. The first-order valence-corrected chi connectivity index (χ1v) is 8.24. The molecule has 0 aromatic heterocycles. The zero-order valence-electron chi connectivity index (χ0n) is 13.3. The Morgan fingerprint density at radius 2 is 2.00 bits per heavy atom. The van der Waals surface area contributed by atoms with Gasteiger partial charge in [0.05, 0.1) is 6.61 Å². The van der Waals surface area contributed by atoms with Gasteiger partial charge in [0.15, 0.2) is 0 Å². The molecule has 21 heavy (non-hydrogen) atoms. The molecule has 4 nitrogen and oxygen atoms in total. The lowest BCUT2D eigenvalue weighted by atomic mass is 9.94. The maximum atomic E-state index is 5.63. The van der Waals surface area contributed by atoms with Crippen LogP contribution in [-0.4, -0.2) is 55.7 Å². The van der Waals surface area contributed by atoms with Crippen molar-refractivity contribution in [1.29, 1.82) is 0 Å². The van der Waals surface area contributed by atoms with Crippen LogP contribution in [0.25, 0.3) is 0 Å². The van der Waals surface area contributed by atoms with Gasteiger partial charge in [0.2, 0.25) is 0 Å². The molecule has 4 heteroatoms. The van der Waals surface area contributed by atoms with Crippen LogP contribution >= 0.6 is 0 Å². The zero-order valence-corrected chi connectivity index (χ0v) is 13.3. The van der Waals surface area contributed by atoms with Crippen molar-refractivity contribution in [2.75, 3.05) is 45.9 Å². The lowest BCUT2D eigenvalue weighted by molar-refractivity contribution is 0.0949. The van der Waals surface area contributed by atoms with Crippen LogP contribution in [0.1, 0.15) is 31.0 Å². The second kappa shape index (κ2) is 6.77. The molecule has 0 amide bonds. The number of nitrogens with one attached hydrogen (secondary N) is 1. The summed E-state index contributed by atoms with van der Waals surface area (Å²) in [5.74, 6) is 0.995. The minimum atomic E-state index is 0.517. The van der Waals surface area contributed by atoms with E-state index in [-0.39, 0.29) is 0 Å². The van der Waals surface area contributed by atoms with Crippen LogP contribution in [0.2, 0.25) is 0 Å². The summed E-state index contributed by atoms with van der Waals surface area (Å²) in [5.41, 5.74) is 2.89. The van der Waals surface area contributed by atoms with Crippen LogP contribution in [0.15, 0.2) is 18.2 Å². The predicted octanol–water partition coefficient (Wildman–Crippen LogP) is 1.87. The third-order valence-corrected chi connectivity index (χ3v) is 4.73. The van der Waals surface area contributed by atoms with E-state index >= 15 is 0 Å². The molecule has 1 fully saturated rings. The monoisotopic (exact) mass is 289 g/mol. The molecule has 116 valence electrons. The highest BCUT2D eigenvalue weighted by Crippen LogP contribution is 2.30. The van der Waals surface area contributed by atoms with E-state index in [4.69, 9.17) is 4.74 Å². The number of ether oxygens (including phenoxy) is 1. The average molecular weight is 289 g/mol. The molecular formula is C17H27N3O. The fourth-order valence-electron chi connectivity index (χ4n) is 3.49. The molecule has 0 bridgehead atoms. The SMILES string of the molecule is CCOc1ccc2c(c1)CNC[C@H]2N1CCN(CC)CC1. The van der Waals surface area contributed by atoms with Crippen molar-refractivity contribution < 1.29 is 4.74 Å². The molecule has 1 saturated heterocycles. The Bertz CT molecular complexity index is 469. The summed E-state index contributed by atoms with van der Waals surface area (Å²) in [6.07, 6.45) is 0. The van der Waals surface area contributed by atoms with Gasteiger partial charge in [0.1, 0.15) is 5.75 Å². The van der Waals surface area contributed by atoms with Crippen molar-refractivity contribution in [1.82, 2.24) is 15.1 Å². The van der Waals surface area contributed by atoms with E-state index < -0.39 is 0 Å². The van der Waals surface area contributed by atoms with Crippen LogP contribution < -0.4 is 10.1 Å². The molecule has 0 aliphatic carbocycles. The molecular weight excluding hydrogens is 262 g/mol. The molecule has 2 aliphatic rings. The highest BCUT2D eigenvalue weighted by atomic mass is 16.5. The Morgan fingerprint density at radius 3 is 2.71 bits per heavy atom. The summed E-state index contributed by atoms with van der Waals surface area (Å²) >= 11 is 0. The zero-order chi connectivity index (χ0) is 14.7. The Morgan fingerprint density at radius 1 is 1.19 bits per heavy atom. The minimum absolute atomic E-state index is 0.517. The Hall–Kier alpha value is -1.10. The fraction of sp³-hybridized carbons (Fsp3) is 0.647. The molecule has 0 radical (unpaired) electrons. The van der Waals surface area contributed by atoms with Gasteiger partial charge < -0.3 is 15.0 Å². The normalized spacial score (nSPS) is 23.8. The summed E-state index contributed by atoms with van der Waals surface area (Å²) in [7, 11) is 0. The lowest BCUT2D eigenvalue weighted by Crippen LogP contribution is -2.50. The van der Waals surface area contributed by atoms with Crippen LogP contribution in [0.3, 0.4) is 0 Å². The molecule has 0 spiro atoms. The molecule has 0 unspecified atom stereocenters. The average Bonchev–Trinajstić information content (AvgIpc) is 2.54. The number of fused-ring (bicyclic) bond motifs is 1. The molecule has 2 heterocycles. The fourth-order valence-corrected chi connectivity index (χ4v) is 3.49. The Labute approximate surface area is 128 Å². The lowest BCUT2D eigenvalue weighted by Gasteiger charge is -2.41. The van der Waals surface area contributed by atoms with Gasteiger partial charge in [0.25, 0.3) is 0 Å². The largest absolute Gasteiger partial charge is 0.494 e. The first-order chi connectivity index (χ1) is 10.3. The number of rotatable bonds is 4. The van der Waals surface area contributed by atoms with E-state index in [9.17, 15) is 0 Å². The number of hydrogen-bond acceptors (Lipinski definition) is 4. The molecule has 3 rings (SSSR count). The van der Waals surface area contributed by atoms with Gasteiger partial charge in [-0.3, -0.25) is 4.90 Å². The molecule has 1 aromatic carbocycles. The molecule has 1 aromatic rings. The molecule has 2 aliphatic heterocycles.